The van der Waals surface area contributed by atoms with E-state index in [1.54, 1.807) is 11.0 Å². The van der Waals surface area contributed by atoms with Gasteiger partial charge in [0.2, 0.25) is 0 Å². The van der Waals surface area contributed by atoms with Crippen LogP contribution in [-0.4, -0.2) is 39.3 Å². The van der Waals surface area contributed by atoms with Crippen molar-refractivity contribution in [2.75, 3.05) is 18.4 Å². The van der Waals surface area contributed by atoms with E-state index >= 15 is 0 Å². The molecule has 1 fully saturated rings. The number of para-hydroxylation sites is 1. The first-order chi connectivity index (χ1) is 13.5. The quantitative estimate of drug-likeness (QED) is 0.643. The van der Waals surface area contributed by atoms with Crippen molar-refractivity contribution in [3.63, 3.8) is 0 Å². The summed E-state index contributed by atoms with van der Waals surface area (Å²) in [6.07, 6.45) is 0.799. The van der Waals surface area contributed by atoms with Crippen molar-refractivity contribution in [2.45, 2.75) is 32.0 Å². The minimum absolute atomic E-state index is 0.243. The summed E-state index contributed by atoms with van der Waals surface area (Å²) in [5.74, 6) is 0.493. The van der Waals surface area contributed by atoms with Crippen LogP contribution >= 0.6 is 0 Å². The van der Waals surface area contributed by atoms with Crippen molar-refractivity contribution in [1.82, 2.24) is 15.1 Å². The first kappa shape index (κ1) is 18.4. The summed E-state index contributed by atoms with van der Waals surface area (Å²) >= 11 is 0. The fourth-order valence-electron chi connectivity index (χ4n) is 3.71. The second-order valence-electron chi connectivity index (χ2n) is 7.34. The topological polar surface area (TPSA) is 81.2 Å². The van der Waals surface area contributed by atoms with E-state index in [4.69, 9.17) is 0 Å². The second-order valence-corrected chi connectivity index (χ2v) is 7.34. The Morgan fingerprint density at radius 3 is 2.79 bits per heavy atom. The Balaban J connectivity index is 1.44. The van der Waals surface area contributed by atoms with Crippen LogP contribution in [-0.2, 0) is 12.3 Å². The summed E-state index contributed by atoms with van der Waals surface area (Å²) in [7, 11) is 0. The van der Waals surface area contributed by atoms with Crippen molar-refractivity contribution in [2.24, 2.45) is 0 Å². The number of aryl methyl sites for hydroxylation is 1. The van der Waals surface area contributed by atoms with E-state index in [-0.39, 0.29) is 6.03 Å². The lowest BCUT2D eigenvalue weighted by Gasteiger charge is -2.38. The Hall–Kier alpha value is -2.93. The molecule has 0 unspecified atom stereocenters. The minimum Gasteiger partial charge on any atom is -0.385 e. The molecule has 0 atom stereocenters. The number of amides is 2. The number of nitrogens with one attached hydrogen (secondary N) is 2. The van der Waals surface area contributed by atoms with Gasteiger partial charge in [0.15, 0.2) is 5.82 Å². The summed E-state index contributed by atoms with van der Waals surface area (Å²) in [6.45, 7) is 2.11. The lowest BCUT2D eigenvalue weighted by Crippen LogP contribution is -2.46. The summed E-state index contributed by atoms with van der Waals surface area (Å²) in [6, 6.07) is 12.8. The fraction of sp³-hybridized carbons (Fsp3) is 0.333. The van der Waals surface area contributed by atoms with Crippen LogP contribution in [0.4, 0.5) is 15.0 Å². The van der Waals surface area contributed by atoms with Crippen LogP contribution in [0, 0.1) is 6.92 Å². The zero-order valence-corrected chi connectivity index (χ0v) is 15.7. The van der Waals surface area contributed by atoms with Gasteiger partial charge in [0.05, 0.1) is 11.1 Å². The summed E-state index contributed by atoms with van der Waals surface area (Å²) in [5.41, 5.74) is 1.99. The molecule has 0 aliphatic carbocycles. The van der Waals surface area contributed by atoms with Gasteiger partial charge in [0.25, 0.3) is 0 Å². The first-order valence-electron chi connectivity index (χ1n) is 9.37. The third-order valence-electron chi connectivity index (χ3n) is 5.60. The normalized spacial score (nSPS) is 16.3. The molecule has 1 aliphatic rings. The van der Waals surface area contributed by atoms with Gasteiger partial charge < -0.3 is 10.0 Å². The number of halogens is 1. The molecule has 3 aromatic rings. The highest BCUT2D eigenvalue weighted by Crippen LogP contribution is 2.34. The number of piperidine rings is 1. The van der Waals surface area contributed by atoms with Crippen molar-refractivity contribution in [1.29, 1.82) is 0 Å². The standard InChI is InChI=1S/C21H23FN4O2/c1-14-6-7-16(12-15(14)13-22)21(28)8-10-26(11-9-21)20(27)23-19-17-4-2-3-5-18(17)24-25-19/h2-7,12,28H,8-11,13H2,1H3,(H2,23,24,25,27). The molecular weight excluding hydrogens is 359 g/mol. The van der Waals surface area contributed by atoms with Crippen LogP contribution in [0.1, 0.15) is 29.5 Å². The molecule has 2 heterocycles. The Morgan fingerprint density at radius 1 is 1.29 bits per heavy atom. The van der Waals surface area contributed by atoms with Crippen LogP contribution in [0.25, 0.3) is 10.9 Å². The predicted molar refractivity (Wildman–Crippen MR) is 106 cm³/mol. The highest BCUT2D eigenvalue weighted by Gasteiger charge is 2.36. The molecule has 28 heavy (non-hydrogen) atoms. The van der Waals surface area contributed by atoms with Crippen molar-refractivity contribution in [3.05, 3.63) is 59.2 Å². The van der Waals surface area contributed by atoms with E-state index in [1.165, 1.54) is 0 Å². The number of carbonyl (C=O) groups is 1. The van der Waals surface area contributed by atoms with E-state index in [9.17, 15) is 14.3 Å². The van der Waals surface area contributed by atoms with E-state index in [1.807, 2.05) is 43.3 Å². The number of anilines is 1. The monoisotopic (exact) mass is 382 g/mol. The molecule has 0 spiro atoms. The number of hydrogen-bond acceptors (Lipinski definition) is 3. The summed E-state index contributed by atoms with van der Waals surface area (Å²) in [5, 5.41) is 21.8. The number of carbonyl (C=O) groups excluding carboxylic acids is 1. The SMILES string of the molecule is Cc1ccc(C2(O)CCN(C(=O)Nc3n[nH]c4ccccc34)CC2)cc1CF. The number of aromatic nitrogens is 2. The highest BCUT2D eigenvalue weighted by atomic mass is 19.1. The lowest BCUT2D eigenvalue weighted by atomic mass is 9.83. The maximum Gasteiger partial charge on any atom is 0.323 e. The summed E-state index contributed by atoms with van der Waals surface area (Å²) in [4.78, 5) is 14.3. The average molecular weight is 382 g/mol. The Labute approximate surface area is 162 Å². The molecule has 0 radical (unpaired) electrons. The number of aliphatic hydroxyl groups is 1. The maximum absolute atomic E-state index is 13.2. The van der Waals surface area contributed by atoms with Gasteiger partial charge in [-0.25, -0.2) is 9.18 Å². The second kappa shape index (κ2) is 7.24. The molecule has 0 saturated carbocycles. The van der Waals surface area contributed by atoms with Gasteiger partial charge >= 0.3 is 6.03 Å². The first-order valence-corrected chi connectivity index (χ1v) is 9.37. The number of aromatic amines is 1. The number of likely N-dealkylation sites (tertiary alicyclic amines) is 1. The third-order valence-corrected chi connectivity index (χ3v) is 5.60. The molecule has 1 saturated heterocycles. The number of urea groups is 1. The van der Waals surface area contributed by atoms with Gasteiger partial charge in [0, 0.05) is 18.5 Å². The Bertz CT molecular complexity index is 1010. The fourth-order valence-corrected chi connectivity index (χ4v) is 3.71. The maximum atomic E-state index is 13.2. The lowest BCUT2D eigenvalue weighted by molar-refractivity contribution is -0.0157. The number of H-pyrrole nitrogens is 1. The Morgan fingerprint density at radius 2 is 2.04 bits per heavy atom. The minimum atomic E-state index is -1.05. The molecule has 2 aromatic carbocycles. The number of benzene rings is 2. The van der Waals surface area contributed by atoms with Gasteiger partial charge in [-0.3, -0.25) is 10.4 Å². The molecule has 1 aromatic heterocycles. The van der Waals surface area contributed by atoms with Gasteiger partial charge in [-0.15, -0.1) is 0 Å². The predicted octanol–water partition coefficient (Wildman–Crippen LogP) is 3.86. The molecule has 3 N–H and O–H groups in total. The van der Waals surface area contributed by atoms with E-state index in [2.05, 4.69) is 15.5 Å². The van der Waals surface area contributed by atoms with E-state index < -0.39 is 12.3 Å². The van der Waals surface area contributed by atoms with Crippen LogP contribution < -0.4 is 5.32 Å². The molecule has 1 aliphatic heterocycles. The number of hydrogen-bond donors (Lipinski definition) is 3. The molecule has 2 amide bonds. The van der Waals surface area contributed by atoms with Crippen molar-refractivity contribution < 1.29 is 14.3 Å². The van der Waals surface area contributed by atoms with Crippen LogP contribution in [0.2, 0.25) is 0 Å². The average Bonchev–Trinajstić information content (AvgIpc) is 3.11. The van der Waals surface area contributed by atoms with E-state index in [0.29, 0.717) is 42.9 Å². The molecule has 6 nitrogen and oxygen atoms in total. The number of nitrogens with zero attached hydrogens (tertiary/aromatic N) is 2. The zero-order valence-electron chi connectivity index (χ0n) is 15.7. The van der Waals surface area contributed by atoms with E-state index in [0.717, 1.165) is 16.5 Å². The zero-order chi connectivity index (χ0) is 19.7. The molecular formula is C21H23FN4O2. The van der Waals surface area contributed by atoms with Gasteiger partial charge in [0.1, 0.15) is 6.67 Å². The number of alkyl halides is 1. The van der Waals surface area contributed by atoms with Crippen LogP contribution in [0.3, 0.4) is 0 Å². The van der Waals surface area contributed by atoms with Crippen molar-refractivity contribution in [3.8, 4) is 0 Å². The third kappa shape index (κ3) is 3.33. The molecule has 7 heteroatoms. The summed E-state index contributed by atoms with van der Waals surface area (Å²) < 4.78 is 13.2. The number of fused-ring (bicyclic) bond motifs is 1. The van der Waals surface area contributed by atoms with Gasteiger partial charge in [-0.1, -0.05) is 30.3 Å². The van der Waals surface area contributed by atoms with Gasteiger partial charge in [-0.05, 0) is 48.6 Å². The van der Waals surface area contributed by atoms with Crippen molar-refractivity contribution >= 4 is 22.8 Å². The molecule has 4 rings (SSSR count). The van der Waals surface area contributed by atoms with Crippen LogP contribution in [0.15, 0.2) is 42.5 Å². The molecule has 0 bridgehead atoms. The Kier molecular flexibility index (Phi) is 4.77. The largest absolute Gasteiger partial charge is 0.385 e. The van der Waals surface area contributed by atoms with Crippen LogP contribution in [0.5, 0.6) is 0 Å². The smallest absolute Gasteiger partial charge is 0.323 e. The van der Waals surface area contributed by atoms with Gasteiger partial charge in [-0.2, -0.15) is 5.10 Å². The number of rotatable bonds is 3. The highest BCUT2D eigenvalue weighted by molar-refractivity contribution is 5.98. The molecule has 146 valence electrons.